The lowest BCUT2D eigenvalue weighted by molar-refractivity contribution is 0.405. The Morgan fingerprint density at radius 3 is 2.91 bits per heavy atom. The van der Waals surface area contributed by atoms with Crippen LogP contribution in [0.4, 0.5) is 17.3 Å². The fourth-order valence-corrected chi connectivity index (χ4v) is 3.10. The third-order valence-corrected chi connectivity index (χ3v) is 4.19. The van der Waals surface area contributed by atoms with Crippen LogP contribution in [0, 0.1) is 0 Å². The van der Waals surface area contributed by atoms with Crippen molar-refractivity contribution in [3.05, 3.63) is 42.2 Å². The standard InChI is InChI=1S/C18H25N5/c1-14-11-15-7-4-5-8-16(15)23(14)18-12-17(20-13-21-18)19-9-6-10-22(2)3/h4-5,7-8,12-14H,6,9-11H2,1-3H3,(H,19,20,21). The minimum absolute atomic E-state index is 0.420. The first-order chi connectivity index (χ1) is 11.1. The summed E-state index contributed by atoms with van der Waals surface area (Å²) in [6, 6.07) is 11.0. The normalized spacial score (nSPS) is 16.7. The van der Waals surface area contributed by atoms with Gasteiger partial charge in [-0.05, 0) is 52.0 Å². The molecule has 5 heteroatoms. The van der Waals surface area contributed by atoms with Crippen molar-refractivity contribution >= 4 is 17.3 Å². The Morgan fingerprint density at radius 1 is 1.26 bits per heavy atom. The first-order valence-electron chi connectivity index (χ1n) is 8.23. The summed E-state index contributed by atoms with van der Waals surface area (Å²) in [6.45, 7) is 4.23. The molecule has 0 fully saturated rings. The summed E-state index contributed by atoms with van der Waals surface area (Å²) in [5.41, 5.74) is 2.65. The van der Waals surface area contributed by atoms with E-state index in [1.165, 1.54) is 11.3 Å². The highest BCUT2D eigenvalue weighted by atomic mass is 15.2. The molecule has 1 aromatic carbocycles. The monoisotopic (exact) mass is 311 g/mol. The highest BCUT2D eigenvalue weighted by molar-refractivity contribution is 5.69. The number of aromatic nitrogens is 2. The molecule has 122 valence electrons. The number of hydrogen-bond donors (Lipinski definition) is 1. The summed E-state index contributed by atoms with van der Waals surface area (Å²) in [4.78, 5) is 13.3. The Bertz CT molecular complexity index is 655. The van der Waals surface area contributed by atoms with Crippen LogP contribution in [0.1, 0.15) is 18.9 Å². The molecule has 1 aromatic heterocycles. The zero-order valence-corrected chi connectivity index (χ0v) is 14.2. The SMILES string of the molecule is CC1Cc2ccccc2N1c1cc(NCCCN(C)C)ncn1. The van der Waals surface area contributed by atoms with Crippen LogP contribution in [0.25, 0.3) is 0 Å². The van der Waals surface area contributed by atoms with E-state index in [2.05, 4.69) is 70.4 Å². The van der Waals surface area contributed by atoms with E-state index in [1.807, 2.05) is 6.07 Å². The second-order valence-electron chi connectivity index (χ2n) is 6.40. The second kappa shape index (κ2) is 6.96. The lowest BCUT2D eigenvalue weighted by Crippen LogP contribution is -2.25. The molecule has 2 aromatic rings. The Labute approximate surface area is 138 Å². The Morgan fingerprint density at radius 2 is 2.09 bits per heavy atom. The van der Waals surface area contributed by atoms with Gasteiger partial charge >= 0.3 is 0 Å². The van der Waals surface area contributed by atoms with Crippen LogP contribution >= 0.6 is 0 Å². The molecular formula is C18H25N5. The van der Waals surface area contributed by atoms with Crippen molar-refractivity contribution in [2.24, 2.45) is 0 Å². The average molecular weight is 311 g/mol. The molecule has 0 saturated heterocycles. The van der Waals surface area contributed by atoms with E-state index in [9.17, 15) is 0 Å². The van der Waals surface area contributed by atoms with Crippen LogP contribution in [-0.2, 0) is 6.42 Å². The van der Waals surface area contributed by atoms with Gasteiger partial charge in [0.2, 0.25) is 0 Å². The van der Waals surface area contributed by atoms with Gasteiger partial charge in [-0.3, -0.25) is 0 Å². The Kier molecular flexibility index (Phi) is 4.76. The van der Waals surface area contributed by atoms with Crippen LogP contribution in [0.3, 0.4) is 0 Å². The molecule has 1 unspecified atom stereocenters. The van der Waals surface area contributed by atoms with Gasteiger partial charge < -0.3 is 15.1 Å². The minimum atomic E-state index is 0.420. The van der Waals surface area contributed by atoms with Crippen LogP contribution in [-0.4, -0.2) is 48.1 Å². The van der Waals surface area contributed by atoms with Crippen molar-refractivity contribution in [1.29, 1.82) is 0 Å². The number of hydrogen-bond acceptors (Lipinski definition) is 5. The Balaban J connectivity index is 1.72. The van der Waals surface area contributed by atoms with Gasteiger partial charge in [-0.2, -0.15) is 0 Å². The summed E-state index contributed by atoms with van der Waals surface area (Å²) in [5, 5.41) is 3.40. The van der Waals surface area contributed by atoms with Gasteiger partial charge in [0, 0.05) is 24.3 Å². The number of rotatable bonds is 6. The molecule has 0 amide bonds. The van der Waals surface area contributed by atoms with E-state index in [1.54, 1.807) is 6.33 Å². The van der Waals surface area contributed by atoms with Crippen molar-refractivity contribution in [3.63, 3.8) is 0 Å². The first kappa shape index (κ1) is 15.7. The summed E-state index contributed by atoms with van der Waals surface area (Å²) < 4.78 is 0. The largest absolute Gasteiger partial charge is 0.370 e. The van der Waals surface area contributed by atoms with Crippen LogP contribution in [0.15, 0.2) is 36.7 Å². The van der Waals surface area contributed by atoms with Crippen molar-refractivity contribution in [2.75, 3.05) is 37.4 Å². The van der Waals surface area contributed by atoms with Gasteiger partial charge in [-0.1, -0.05) is 18.2 Å². The molecule has 0 bridgehead atoms. The van der Waals surface area contributed by atoms with Gasteiger partial charge in [0.05, 0.1) is 0 Å². The van der Waals surface area contributed by atoms with E-state index in [4.69, 9.17) is 0 Å². The second-order valence-corrected chi connectivity index (χ2v) is 6.40. The van der Waals surface area contributed by atoms with Crippen LogP contribution < -0.4 is 10.2 Å². The van der Waals surface area contributed by atoms with Gasteiger partial charge in [0.15, 0.2) is 0 Å². The maximum absolute atomic E-state index is 4.49. The molecule has 23 heavy (non-hydrogen) atoms. The zero-order valence-electron chi connectivity index (χ0n) is 14.2. The fourth-order valence-electron chi connectivity index (χ4n) is 3.10. The predicted molar refractivity (Wildman–Crippen MR) is 95.4 cm³/mol. The molecule has 1 N–H and O–H groups in total. The molecule has 2 heterocycles. The van der Waals surface area contributed by atoms with Crippen molar-refractivity contribution < 1.29 is 0 Å². The number of fused-ring (bicyclic) bond motifs is 1. The molecular weight excluding hydrogens is 286 g/mol. The molecule has 3 rings (SSSR count). The van der Waals surface area contributed by atoms with Gasteiger partial charge in [0.1, 0.15) is 18.0 Å². The van der Waals surface area contributed by atoms with E-state index in [0.717, 1.165) is 37.6 Å². The maximum atomic E-state index is 4.49. The van der Waals surface area contributed by atoms with Gasteiger partial charge in [0.25, 0.3) is 0 Å². The third-order valence-electron chi connectivity index (χ3n) is 4.19. The molecule has 1 aliphatic heterocycles. The summed E-state index contributed by atoms with van der Waals surface area (Å²) in [6.07, 6.45) is 3.80. The average Bonchev–Trinajstić information content (AvgIpc) is 2.87. The number of nitrogens with zero attached hydrogens (tertiary/aromatic N) is 4. The zero-order chi connectivity index (χ0) is 16.2. The summed E-state index contributed by atoms with van der Waals surface area (Å²) >= 11 is 0. The molecule has 1 aliphatic rings. The minimum Gasteiger partial charge on any atom is -0.370 e. The number of benzene rings is 1. The quantitative estimate of drug-likeness (QED) is 0.831. The molecule has 0 radical (unpaired) electrons. The maximum Gasteiger partial charge on any atom is 0.138 e. The van der Waals surface area contributed by atoms with E-state index < -0.39 is 0 Å². The van der Waals surface area contributed by atoms with Crippen LogP contribution in [0.2, 0.25) is 0 Å². The highest BCUT2D eigenvalue weighted by Gasteiger charge is 2.27. The van der Waals surface area contributed by atoms with Crippen molar-refractivity contribution in [3.8, 4) is 0 Å². The van der Waals surface area contributed by atoms with E-state index in [0.29, 0.717) is 6.04 Å². The highest BCUT2D eigenvalue weighted by Crippen LogP contribution is 2.37. The lowest BCUT2D eigenvalue weighted by atomic mass is 10.1. The molecule has 1 atom stereocenters. The molecule has 0 aliphatic carbocycles. The fraction of sp³-hybridized carbons (Fsp3) is 0.444. The number of nitrogens with one attached hydrogen (secondary N) is 1. The Hall–Kier alpha value is -2.14. The lowest BCUT2D eigenvalue weighted by Gasteiger charge is -2.24. The van der Waals surface area contributed by atoms with Crippen molar-refractivity contribution in [1.82, 2.24) is 14.9 Å². The predicted octanol–water partition coefficient (Wildman–Crippen LogP) is 2.92. The van der Waals surface area contributed by atoms with Crippen molar-refractivity contribution in [2.45, 2.75) is 25.8 Å². The van der Waals surface area contributed by atoms with E-state index in [-0.39, 0.29) is 0 Å². The van der Waals surface area contributed by atoms with E-state index >= 15 is 0 Å². The summed E-state index contributed by atoms with van der Waals surface area (Å²) in [5.74, 6) is 1.86. The van der Waals surface area contributed by atoms with Crippen LogP contribution in [0.5, 0.6) is 0 Å². The molecule has 0 saturated carbocycles. The molecule has 0 spiro atoms. The van der Waals surface area contributed by atoms with Gasteiger partial charge in [-0.25, -0.2) is 9.97 Å². The number of anilines is 3. The topological polar surface area (TPSA) is 44.3 Å². The molecule has 5 nitrogen and oxygen atoms in total. The number of para-hydroxylation sites is 1. The third kappa shape index (κ3) is 3.62. The van der Waals surface area contributed by atoms with Gasteiger partial charge in [-0.15, -0.1) is 0 Å². The smallest absolute Gasteiger partial charge is 0.138 e. The first-order valence-corrected chi connectivity index (χ1v) is 8.23. The summed E-state index contributed by atoms with van der Waals surface area (Å²) in [7, 11) is 4.18.